The highest BCUT2D eigenvalue weighted by Gasteiger charge is 2.31. The third-order valence-corrected chi connectivity index (χ3v) is 7.40. The van der Waals surface area contributed by atoms with Gasteiger partial charge in [-0.25, -0.2) is 4.98 Å². The Labute approximate surface area is 196 Å². The molecule has 0 bridgehead atoms. The van der Waals surface area contributed by atoms with Crippen molar-refractivity contribution < 1.29 is 4.79 Å². The summed E-state index contributed by atoms with van der Waals surface area (Å²) in [5.74, 6) is 1.52. The number of hydrogen-bond acceptors (Lipinski definition) is 4. The van der Waals surface area contributed by atoms with Crippen LogP contribution >= 0.6 is 0 Å². The predicted octanol–water partition coefficient (Wildman–Crippen LogP) is 3.70. The first-order valence-corrected chi connectivity index (χ1v) is 12.4. The standard InChI is InChI=1S/C27H35N5O/c1-3-21-9-4-6-12-24(21)31-15-17-32(18-16-31)27(33)22-10-8-14-30(19-22)20-26-28-23-11-5-7-13-25(23)29(26)2/h4-7,9,11-13,22H,3,8,10,14-20H2,1-2H3/t22-/m0/s1. The average molecular weight is 446 g/mol. The third-order valence-electron chi connectivity index (χ3n) is 7.40. The Hall–Kier alpha value is -2.86. The van der Waals surface area contributed by atoms with Crippen LogP contribution in [0.15, 0.2) is 48.5 Å². The topological polar surface area (TPSA) is 44.6 Å². The Bertz CT molecular complexity index is 1110. The number of likely N-dealkylation sites (tertiary alicyclic amines) is 1. The van der Waals surface area contributed by atoms with Crippen LogP contribution in [0.2, 0.25) is 0 Å². The van der Waals surface area contributed by atoms with Crippen LogP contribution in [0, 0.1) is 5.92 Å². The average Bonchev–Trinajstić information content (AvgIpc) is 3.19. The number of aromatic nitrogens is 2. The van der Waals surface area contributed by atoms with E-state index in [4.69, 9.17) is 4.98 Å². The summed E-state index contributed by atoms with van der Waals surface area (Å²) in [5.41, 5.74) is 4.93. The van der Waals surface area contributed by atoms with Crippen molar-refractivity contribution in [3.05, 3.63) is 59.9 Å². The molecule has 0 spiro atoms. The fraction of sp³-hybridized carbons (Fsp3) is 0.481. The Morgan fingerprint density at radius 3 is 2.55 bits per heavy atom. The molecule has 3 heterocycles. The number of hydrogen-bond donors (Lipinski definition) is 0. The van der Waals surface area contributed by atoms with Gasteiger partial charge in [-0.2, -0.15) is 0 Å². The van der Waals surface area contributed by atoms with Crippen LogP contribution in [0.5, 0.6) is 0 Å². The number of nitrogens with zero attached hydrogens (tertiary/aromatic N) is 5. The maximum absolute atomic E-state index is 13.4. The van der Waals surface area contributed by atoms with Crippen LogP contribution in [0.1, 0.15) is 31.2 Å². The van der Waals surface area contributed by atoms with Gasteiger partial charge in [-0.15, -0.1) is 0 Å². The zero-order chi connectivity index (χ0) is 22.8. The van der Waals surface area contributed by atoms with Crippen LogP contribution in [0.25, 0.3) is 11.0 Å². The SMILES string of the molecule is CCc1ccccc1N1CCN(C(=O)[C@H]2CCCN(Cc3nc4ccccc4n3C)C2)CC1. The number of anilines is 1. The van der Waals surface area contributed by atoms with Gasteiger partial charge in [-0.3, -0.25) is 9.69 Å². The second kappa shape index (κ2) is 9.56. The van der Waals surface area contributed by atoms with E-state index in [1.807, 2.05) is 6.07 Å². The summed E-state index contributed by atoms with van der Waals surface area (Å²) in [4.78, 5) is 25.2. The third kappa shape index (κ3) is 4.49. The van der Waals surface area contributed by atoms with Gasteiger partial charge in [0.1, 0.15) is 5.82 Å². The van der Waals surface area contributed by atoms with Crippen LogP contribution < -0.4 is 4.90 Å². The van der Waals surface area contributed by atoms with Gasteiger partial charge in [0.15, 0.2) is 0 Å². The molecule has 0 saturated carbocycles. The molecule has 6 nitrogen and oxygen atoms in total. The Morgan fingerprint density at radius 2 is 1.76 bits per heavy atom. The number of imidazole rings is 1. The lowest BCUT2D eigenvalue weighted by Gasteiger charge is -2.40. The Morgan fingerprint density at radius 1 is 1.00 bits per heavy atom. The number of carbonyl (C=O) groups is 1. The fourth-order valence-corrected chi connectivity index (χ4v) is 5.48. The van der Waals surface area contributed by atoms with E-state index in [9.17, 15) is 4.79 Å². The Kier molecular flexibility index (Phi) is 6.36. The first-order valence-electron chi connectivity index (χ1n) is 12.4. The van der Waals surface area contributed by atoms with Crippen molar-refractivity contribution >= 4 is 22.6 Å². The molecule has 0 aliphatic carbocycles. The molecule has 5 rings (SSSR count). The number of fused-ring (bicyclic) bond motifs is 1. The van der Waals surface area contributed by atoms with E-state index in [0.717, 1.165) is 76.4 Å². The summed E-state index contributed by atoms with van der Waals surface area (Å²) in [6, 6.07) is 17.0. The summed E-state index contributed by atoms with van der Waals surface area (Å²) in [7, 11) is 2.09. The van der Waals surface area contributed by atoms with Crippen LogP contribution in [-0.2, 0) is 24.8 Å². The lowest BCUT2D eigenvalue weighted by molar-refractivity contribution is -0.137. The molecule has 1 amide bonds. The maximum atomic E-state index is 13.4. The summed E-state index contributed by atoms with van der Waals surface area (Å²) >= 11 is 0. The van der Waals surface area contributed by atoms with Crippen LogP contribution in [0.3, 0.4) is 0 Å². The largest absolute Gasteiger partial charge is 0.368 e. The zero-order valence-corrected chi connectivity index (χ0v) is 19.9. The molecule has 0 unspecified atom stereocenters. The summed E-state index contributed by atoms with van der Waals surface area (Å²) in [5, 5.41) is 0. The van der Waals surface area contributed by atoms with Crippen molar-refractivity contribution in [1.29, 1.82) is 0 Å². The molecule has 174 valence electrons. The van der Waals surface area contributed by atoms with Crippen molar-refractivity contribution in [3.8, 4) is 0 Å². The van der Waals surface area contributed by atoms with Crippen LogP contribution in [-0.4, -0.2) is 64.5 Å². The number of piperidine rings is 1. The lowest BCUT2D eigenvalue weighted by Crippen LogP contribution is -2.52. The van der Waals surface area contributed by atoms with E-state index in [2.05, 4.69) is 75.7 Å². The first kappa shape index (κ1) is 22.0. The van der Waals surface area contributed by atoms with Gasteiger partial charge in [0.05, 0.1) is 23.5 Å². The quantitative estimate of drug-likeness (QED) is 0.601. The molecule has 2 aromatic carbocycles. The van der Waals surface area contributed by atoms with E-state index >= 15 is 0 Å². The van der Waals surface area contributed by atoms with Crippen molar-refractivity contribution in [2.24, 2.45) is 13.0 Å². The number of rotatable bonds is 5. The smallest absolute Gasteiger partial charge is 0.227 e. The minimum atomic E-state index is 0.0999. The monoisotopic (exact) mass is 445 g/mol. The van der Waals surface area contributed by atoms with E-state index < -0.39 is 0 Å². The van der Waals surface area contributed by atoms with Gasteiger partial charge in [-0.05, 0) is 49.6 Å². The highest BCUT2D eigenvalue weighted by atomic mass is 16.2. The zero-order valence-electron chi connectivity index (χ0n) is 19.9. The summed E-state index contributed by atoms with van der Waals surface area (Å²) in [6.45, 7) is 8.35. The summed E-state index contributed by atoms with van der Waals surface area (Å²) in [6.07, 6.45) is 3.11. The van der Waals surface area contributed by atoms with E-state index in [-0.39, 0.29) is 5.92 Å². The maximum Gasteiger partial charge on any atom is 0.227 e. The summed E-state index contributed by atoms with van der Waals surface area (Å²) < 4.78 is 2.19. The van der Waals surface area contributed by atoms with Gasteiger partial charge >= 0.3 is 0 Å². The molecule has 1 atom stereocenters. The van der Waals surface area contributed by atoms with Gasteiger partial charge in [0.25, 0.3) is 0 Å². The van der Waals surface area contributed by atoms with E-state index in [0.29, 0.717) is 5.91 Å². The fourth-order valence-electron chi connectivity index (χ4n) is 5.48. The van der Waals surface area contributed by atoms with Crippen molar-refractivity contribution in [1.82, 2.24) is 19.4 Å². The predicted molar refractivity (Wildman–Crippen MR) is 133 cm³/mol. The molecular weight excluding hydrogens is 410 g/mol. The minimum Gasteiger partial charge on any atom is -0.368 e. The molecule has 2 aliphatic rings. The normalized spacial score (nSPS) is 19.9. The second-order valence-corrected chi connectivity index (χ2v) is 9.44. The van der Waals surface area contributed by atoms with Gasteiger partial charge in [-0.1, -0.05) is 37.3 Å². The second-order valence-electron chi connectivity index (χ2n) is 9.44. The molecule has 6 heteroatoms. The van der Waals surface area contributed by atoms with Crippen molar-refractivity contribution in [2.75, 3.05) is 44.2 Å². The molecule has 0 N–H and O–H groups in total. The number of benzene rings is 2. The Balaban J connectivity index is 1.19. The molecule has 1 aromatic heterocycles. The molecule has 2 aliphatic heterocycles. The number of para-hydroxylation sites is 3. The van der Waals surface area contributed by atoms with Gasteiger partial charge < -0.3 is 14.4 Å². The van der Waals surface area contributed by atoms with Crippen molar-refractivity contribution in [2.45, 2.75) is 32.7 Å². The van der Waals surface area contributed by atoms with Gasteiger partial charge in [0.2, 0.25) is 5.91 Å². The number of amides is 1. The molecule has 2 fully saturated rings. The molecule has 33 heavy (non-hydrogen) atoms. The highest BCUT2D eigenvalue weighted by molar-refractivity contribution is 5.79. The molecule has 3 aromatic rings. The first-order chi connectivity index (χ1) is 16.1. The van der Waals surface area contributed by atoms with E-state index in [1.54, 1.807) is 0 Å². The van der Waals surface area contributed by atoms with Gasteiger partial charge in [0, 0.05) is 45.5 Å². The lowest BCUT2D eigenvalue weighted by atomic mass is 9.96. The molecule has 2 saturated heterocycles. The number of piperazine rings is 1. The van der Waals surface area contributed by atoms with E-state index in [1.165, 1.54) is 16.8 Å². The highest BCUT2D eigenvalue weighted by Crippen LogP contribution is 2.25. The number of aryl methyl sites for hydroxylation is 2. The van der Waals surface area contributed by atoms with Crippen molar-refractivity contribution in [3.63, 3.8) is 0 Å². The molecular formula is C27H35N5O. The molecule has 0 radical (unpaired) electrons. The number of carbonyl (C=O) groups excluding carboxylic acids is 1. The van der Waals surface area contributed by atoms with Crippen LogP contribution in [0.4, 0.5) is 5.69 Å². The minimum absolute atomic E-state index is 0.0999.